The molecule has 158 valence electrons. The number of carboxylic acids is 1. The zero-order valence-corrected chi connectivity index (χ0v) is 16.1. The third-order valence-corrected chi connectivity index (χ3v) is 5.18. The van der Waals surface area contributed by atoms with Crippen molar-refractivity contribution in [3.63, 3.8) is 0 Å². The Hall–Kier alpha value is -3.21. The van der Waals surface area contributed by atoms with Gasteiger partial charge in [0.15, 0.2) is 4.80 Å². The molecular weight excluding hydrogens is 428 g/mol. The number of carboxylic acid groups (broad SMARTS) is 1. The molecule has 3 aromatic rings. The quantitative estimate of drug-likeness (QED) is 0.590. The second kappa shape index (κ2) is 8.27. The number of nitrogens with zero attached hydrogens (tertiary/aromatic N) is 2. The van der Waals surface area contributed by atoms with Crippen LogP contribution < -0.4 is 9.54 Å². The average Bonchev–Trinajstić information content (AvgIpc) is 3.00. The third-order valence-electron chi connectivity index (χ3n) is 4.10. The van der Waals surface area contributed by atoms with Crippen molar-refractivity contribution in [2.75, 3.05) is 0 Å². The Kier molecular flexibility index (Phi) is 5.92. The molecule has 0 spiro atoms. The lowest BCUT2D eigenvalue weighted by molar-refractivity contribution is -0.274. The van der Waals surface area contributed by atoms with E-state index in [2.05, 4.69) is 9.73 Å². The van der Waals surface area contributed by atoms with Crippen LogP contribution in [0.15, 0.2) is 47.5 Å². The predicted octanol–water partition coefficient (Wildman–Crippen LogP) is 4.52. The first-order chi connectivity index (χ1) is 14.1. The lowest BCUT2D eigenvalue weighted by Gasteiger charge is -2.13. The van der Waals surface area contributed by atoms with Crippen LogP contribution in [0.4, 0.5) is 17.6 Å². The van der Waals surface area contributed by atoms with Gasteiger partial charge >= 0.3 is 12.3 Å². The van der Waals surface area contributed by atoms with E-state index in [0.29, 0.717) is 0 Å². The van der Waals surface area contributed by atoms with Gasteiger partial charge in [-0.2, -0.15) is 4.99 Å². The smallest absolute Gasteiger partial charge is 0.480 e. The maximum Gasteiger partial charge on any atom is 0.573 e. The van der Waals surface area contributed by atoms with E-state index in [9.17, 15) is 32.3 Å². The second-order valence-electron chi connectivity index (χ2n) is 6.10. The number of hydrogen-bond acceptors (Lipinski definition) is 4. The van der Waals surface area contributed by atoms with Crippen molar-refractivity contribution in [2.45, 2.75) is 25.7 Å². The Bertz CT molecular complexity index is 1180. The summed E-state index contributed by atoms with van der Waals surface area (Å²) in [6, 6.07) is 7.29. The van der Waals surface area contributed by atoms with Crippen LogP contribution in [0.25, 0.3) is 10.2 Å². The number of fused-ring (bicyclic) bond motifs is 1. The molecule has 1 N–H and O–H groups in total. The second-order valence-corrected chi connectivity index (χ2v) is 7.08. The number of aliphatic carboxylic acids is 1. The number of aromatic nitrogens is 1. The van der Waals surface area contributed by atoms with Gasteiger partial charge in [0.05, 0.1) is 10.2 Å². The minimum Gasteiger partial charge on any atom is -0.480 e. The van der Waals surface area contributed by atoms with Gasteiger partial charge in [0.1, 0.15) is 17.6 Å². The van der Waals surface area contributed by atoms with Gasteiger partial charge in [0.25, 0.3) is 5.91 Å². The molecule has 0 saturated heterocycles. The molecule has 1 unspecified atom stereocenters. The Morgan fingerprint density at radius 3 is 2.57 bits per heavy atom. The molecule has 0 aliphatic carbocycles. The molecule has 6 nitrogen and oxygen atoms in total. The number of thiazole rings is 1. The summed E-state index contributed by atoms with van der Waals surface area (Å²) < 4.78 is 56.6. The van der Waals surface area contributed by atoms with E-state index in [4.69, 9.17) is 0 Å². The molecule has 1 aromatic heterocycles. The molecule has 1 amide bonds. The summed E-state index contributed by atoms with van der Waals surface area (Å²) in [5, 5.41) is 9.53. The summed E-state index contributed by atoms with van der Waals surface area (Å²) >= 11 is 0.775. The van der Waals surface area contributed by atoms with Crippen molar-refractivity contribution in [3.05, 3.63) is 58.6 Å². The summed E-state index contributed by atoms with van der Waals surface area (Å²) in [5.41, 5.74) is 0.0413. The molecule has 0 bridgehead atoms. The van der Waals surface area contributed by atoms with Crippen LogP contribution in [0.3, 0.4) is 0 Å². The van der Waals surface area contributed by atoms with Crippen LogP contribution in [0.1, 0.15) is 29.7 Å². The Balaban J connectivity index is 2.14. The third kappa shape index (κ3) is 4.51. The van der Waals surface area contributed by atoms with E-state index < -0.39 is 35.8 Å². The normalized spacial score (nSPS) is 13.4. The topological polar surface area (TPSA) is 80.9 Å². The fourth-order valence-electron chi connectivity index (χ4n) is 2.85. The van der Waals surface area contributed by atoms with E-state index in [1.54, 1.807) is 6.92 Å². The van der Waals surface area contributed by atoms with Crippen molar-refractivity contribution in [3.8, 4) is 5.75 Å². The van der Waals surface area contributed by atoms with Crippen molar-refractivity contribution in [1.82, 2.24) is 4.57 Å². The maximum absolute atomic E-state index is 14.2. The van der Waals surface area contributed by atoms with E-state index in [1.807, 2.05) is 0 Å². The molecule has 11 heteroatoms. The van der Waals surface area contributed by atoms with Gasteiger partial charge in [0.2, 0.25) is 0 Å². The van der Waals surface area contributed by atoms with Crippen molar-refractivity contribution in [1.29, 1.82) is 0 Å². The molecule has 0 aliphatic heterocycles. The summed E-state index contributed by atoms with van der Waals surface area (Å²) in [6.07, 6.45) is -4.80. The van der Waals surface area contributed by atoms with Gasteiger partial charge in [0, 0.05) is 5.56 Å². The number of carbonyl (C=O) groups is 2. The lowest BCUT2D eigenvalue weighted by Crippen LogP contribution is -2.27. The first kappa shape index (κ1) is 21.5. The highest BCUT2D eigenvalue weighted by atomic mass is 32.1. The van der Waals surface area contributed by atoms with Crippen molar-refractivity contribution in [2.24, 2.45) is 4.99 Å². The van der Waals surface area contributed by atoms with E-state index >= 15 is 0 Å². The molecule has 1 atom stereocenters. The van der Waals surface area contributed by atoms with Crippen molar-refractivity contribution < 1.29 is 37.0 Å². The molecule has 2 aromatic carbocycles. The molecule has 0 fully saturated rings. The number of rotatable bonds is 5. The fourth-order valence-corrected chi connectivity index (χ4v) is 3.93. The number of benzene rings is 2. The highest BCUT2D eigenvalue weighted by Crippen LogP contribution is 2.26. The maximum atomic E-state index is 14.2. The number of ether oxygens (including phenoxy) is 1. The van der Waals surface area contributed by atoms with Crippen molar-refractivity contribution >= 4 is 33.4 Å². The van der Waals surface area contributed by atoms with Crippen LogP contribution in [-0.4, -0.2) is 27.9 Å². The van der Waals surface area contributed by atoms with Crippen LogP contribution in [-0.2, 0) is 4.79 Å². The molecule has 1 heterocycles. The van der Waals surface area contributed by atoms with Crippen LogP contribution in [0.5, 0.6) is 5.75 Å². The van der Waals surface area contributed by atoms with Gasteiger partial charge in [-0.25, -0.2) is 9.18 Å². The van der Waals surface area contributed by atoms with Gasteiger partial charge in [-0.1, -0.05) is 30.4 Å². The Labute approximate surface area is 170 Å². The number of alkyl halides is 3. The monoisotopic (exact) mass is 442 g/mol. The Morgan fingerprint density at radius 1 is 1.23 bits per heavy atom. The highest BCUT2D eigenvalue weighted by molar-refractivity contribution is 7.16. The molecule has 3 rings (SSSR count). The summed E-state index contributed by atoms with van der Waals surface area (Å²) in [6.45, 7) is 1.61. The van der Waals surface area contributed by atoms with Gasteiger partial charge in [-0.3, -0.25) is 4.79 Å². The highest BCUT2D eigenvalue weighted by Gasteiger charge is 2.31. The zero-order valence-electron chi connectivity index (χ0n) is 15.3. The average molecular weight is 442 g/mol. The minimum atomic E-state index is -4.93. The molecule has 0 radical (unpaired) electrons. The molecule has 0 aliphatic rings. The molecule has 30 heavy (non-hydrogen) atoms. The summed E-state index contributed by atoms with van der Waals surface area (Å²) in [7, 11) is 0. The van der Waals surface area contributed by atoms with Crippen LogP contribution in [0.2, 0.25) is 0 Å². The number of hydrogen-bond donors (Lipinski definition) is 1. The van der Waals surface area contributed by atoms with Crippen LogP contribution >= 0.6 is 11.3 Å². The zero-order chi connectivity index (χ0) is 22.1. The first-order valence-corrected chi connectivity index (χ1v) is 9.39. The number of amides is 1. The number of halogens is 4. The number of carbonyl (C=O) groups excluding carboxylic acids is 1. The largest absolute Gasteiger partial charge is 0.573 e. The summed E-state index contributed by atoms with van der Waals surface area (Å²) in [4.78, 5) is 28.0. The first-order valence-electron chi connectivity index (χ1n) is 8.58. The standard InChI is InChI=1S/C19H14F4N2O4S/c1-2-13(17(27)28)25-14-8-4-7-12(20)15(14)30-18(25)24-16(26)10-5-3-6-11(9-10)29-19(21,22)23/h3-9,13H,2H2,1H3,(H,27,28). The van der Waals surface area contributed by atoms with Gasteiger partial charge in [-0.15, -0.1) is 13.2 Å². The molecular formula is C19H14F4N2O4S. The molecule has 0 saturated carbocycles. The Morgan fingerprint density at radius 2 is 1.93 bits per heavy atom. The van der Waals surface area contributed by atoms with Crippen LogP contribution in [0, 0.1) is 5.82 Å². The SMILES string of the molecule is CCC(C(=O)O)n1c(=NC(=O)c2cccc(OC(F)(F)F)c2)sc2c(F)cccc21. The summed E-state index contributed by atoms with van der Waals surface area (Å²) in [5.74, 6) is -3.34. The van der Waals surface area contributed by atoms with E-state index in [1.165, 1.54) is 34.9 Å². The van der Waals surface area contributed by atoms with Gasteiger partial charge < -0.3 is 14.4 Å². The fraction of sp³-hybridized carbons (Fsp3) is 0.211. The minimum absolute atomic E-state index is 0.0866. The predicted molar refractivity (Wildman–Crippen MR) is 99.8 cm³/mol. The lowest BCUT2D eigenvalue weighted by atomic mass is 10.2. The van der Waals surface area contributed by atoms with Gasteiger partial charge in [-0.05, 0) is 36.8 Å². The van der Waals surface area contributed by atoms with E-state index in [0.717, 1.165) is 23.5 Å². The van der Waals surface area contributed by atoms with E-state index in [-0.39, 0.29) is 27.0 Å².